The molecule has 0 aliphatic carbocycles. The molecule has 1 N–H and O–H groups in total. The number of carbonyl (C=O) groups excluding carboxylic acids is 4. The Hall–Kier alpha value is -4.47. The van der Waals surface area contributed by atoms with Crippen LogP contribution in [0.5, 0.6) is 0 Å². The van der Waals surface area contributed by atoms with Gasteiger partial charge < -0.3 is 13.9 Å². The summed E-state index contributed by atoms with van der Waals surface area (Å²) in [6, 6.07) is 12.4. The molecule has 0 radical (unpaired) electrons. The van der Waals surface area contributed by atoms with Gasteiger partial charge in [-0.3, -0.25) is 19.8 Å². The molecular weight excluding hydrogens is 456 g/mol. The summed E-state index contributed by atoms with van der Waals surface area (Å²) in [5.74, 6) is -1.02. The second-order valence-corrected chi connectivity index (χ2v) is 7.79. The second-order valence-electron chi connectivity index (χ2n) is 7.79. The van der Waals surface area contributed by atoms with Gasteiger partial charge in [0.2, 0.25) is 11.8 Å². The third-order valence-electron chi connectivity index (χ3n) is 5.40. The van der Waals surface area contributed by atoms with E-state index in [0.29, 0.717) is 22.2 Å². The van der Waals surface area contributed by atoms with E-state index in [1.54, 1.807) is 43.3 Å². The molecule has 0 bridgehead atoms. The molecule has 35 heavy (non-hydrogen) atoms. The Bertz CT molecular complexity index is 1340. The van der Waals surface area contributed by atoms with Crippen LogP contribution in [0.2, 0.25) is 0 Å². The molecule has 1 aliphatic heterocycles. The number of nitrogens with zero attached hydrogens (tertiary/aromatic N) is 1. The molecule has 3 amide bonds. The Labute approximate surface area is 199 Å². The quantitative estimate of drug-likeness (QED) is 0.311. The van der Waals surface area contributed by atoms with Crippen molar-refractivity contribution in [2.45, 2.75) is 32.9 Å². The lowest BCUT2D eigenvalue weighted by atomic mass is 10.1. The number of fused-ring (bicyclic) bond motifs is 1. The monoisotopic (exact) mass is 478 g/mol. The lowest BCUT2D eigenvalue weighted by Crippen LogP contribution is -2.28. The number of hydrogen-bond donors (Lipinski definition) is 1. The Morgan fingerprint density at radius 3 is 2.37 bits per heavy atom. The predicted molar refractivity (Wildman–Crippen MR) is 123 cm³/mol. The highest BCUT2D eigenvalue weighted by atomic mass is 16.5. The number of hydrogen-bond acceptors (Lipinski definition) is 8. The van der Waals surface area contributed by atoms with E-state index in [-0.39, 0.29) is 55.6 Å². The van der Waals surface area contributed by atoms with E-state index in [4.69, 9.17) is 13.9 Å². The Morgan fingerprint density at radius 2 is 1.69 bits per heavy atom. The summed E-state index contributed by atoms with van der Waals surface area (Å²) in [7, 11) is 0. The highest BCUT2D eigenvalue weighted by Crippen LogP contribution is 2.23. The van der Waals surface area contributed by atoms with Crippen LogP contribution in [0.25, 0.3) is 11.0 Å². The van der Waals surface area contributed by atoms with Crippen LogP contribution in [0, 0.1) is 0 Å². The Kier molecular flexibility index (Phi) is 6.91. The van der Waals surface area contributed by atoms with Crippen LogP contribution >= 0.6 is 0 Å². The number of ether oxygens (including phenoxy) is 2. The predicted octanol–water partition coefficient (Wildman–Crippen LogP) is 3.37. The van der Waals surface area contributed by atoms with Crippen molar-refractivity contribution in [1.82, 2.24) is 4.90 Å². The molecule has 0 unspecified atom stereocenters. The van der Waals surface area contributed by atoms with E-state index in [9.17, 15) is 24.0 Å². The SMILES string of the molecule is CCOC(=O)Nc1ccc2c(COC(=O)c3ccc(CN4C(=O)CCC4=O)cc3)cc(=O)oc2c1. The van der Waals surface area contributed by atoms with E-state index in [2.05, 4.69) is 5.32 Å². The fourth-order valence-electron chi connectivity index (χ4n) is 3.67. The largest absolute Gasteiger partial charge is 0.457 e. The molecule has 0 atom stereocenters. The van der Waals surface area contributed by atoms with Crippen molar-refractivity contribution in [2.24, 2.45) is 0 Å². The van der Waals surface area contributed by atoms with Gasteiger partial charge in [-0.05, 0) is 36.8 Å². The molecule has 3 aromatic rings. The first-order chi connectivity index (χ1) is 16.8. The molecule has 2 heterocycles. The van der Waals surface area contributed by atoms with Crippen LogP contribution in [-0.4, -0.2) is 35.4 Å². The van der Waals surface area contributed by atoms with Gasteiger partial charge in [-0.2, -0.15) is 0 Å². The van der Waals surface area contributed by atoms with Crippen molar-refractivity contribution in [2.75, 3.05) is 11.9 Å². The third-order valence-corrected chi connectivity index (χ3v) is 5.40. The van der Waals surface area contributed by atoms with Crippen LogP contribution in [0.1, 0.15) is 41.3 Å². The summed E-state index contributed by atoms with van der Waals surface area (Å²) in [5, 5.41) is 3.07. The van der Waals surface area contributed by atoms with Crippen molar-refractivity contribution >= 4 is 40.5 Å². The fourth-order valence-corrected chi connectivity index (χ4v) is 3.67. The van der Waals surface area contributed by atoms with E-state index < -0.39 is 17.7 Å². The van der Waals surface area contributed by atoms with Crippen LogP contribution in [-0.2, 0) is 32.2 Å². The number of esters is 1. The first-order valence-electron chi connectivity index (χ1n) is 10.9. The molecule has 180 valence electrons. The molecule has 0 saturated carbocycles. The maximum Gasteiger partial charge on any atom is 0.411 e. The van der Waals surface area contributed by atoms with Gasteiger partial charge in [0.15, 0.2) is 0 Å². The number of imide groups is 1. The number of anilines is 1. The first-order valence-corrected chi connectivity index (χ1v) is 10.9. The van der Waals surface area contributed by atoms with E-state index in [1.807, 2.05) is 0 Å². The number of amides is 3. The second kappa shape index (κ2) is 10.2. The number of benzene rings is 2. The average molecular weight is 478 g/mol. The number of likely N-dealkylation sites (tertiary alicyclic amines) is 1. The molecule has 1 aromatic heterocycles. The Balaban J connectivity index is 1.43. The number of carbonyl (C=O) groups is 4. The standard InChI is InChI=1S/C25H22N2O8/c1-2-33-25(32)26-18-7-8-19-17(11-23(30)35-20(19)12-18)14-34-24(31)16-5-3-15(4-6-16)13-27-21(28)9-10-22(27)29/h3-8,11-12H,2,9-10,13-14H2,1H3,(H,26,32). The van der Waals surface area contributed by atoms with Gasteiger partial charge in [-0.1, -0.05) is 12.1 Å². The molecule has 2 aromatic carbocycles. The summed E-state index contributed by atoms with van der Waals surface area (Å²) in [4.78, 5) is 60.9. The van der Waals surface area contributed by atoms with Gasteiger partial charge in [0.25, 0.3) is 0 Å². The maximum absolute atomic E-state index is 12.5. The van der Waals surface area contributed by atoms with Crippen molar-refractivity contribution in [1.29, 1.82) is 0 Å². The zero-order valence-corrected chi connectivity index (χ0v) is 18.9. The van der Waals surface area contributed by atoms with Crippen LogP contribution in [0.15, 0.2) is 57.7 Å². The summed E-state index contributed by atoms with van der Waals surface area (Å²) in [5.41, 5.74) is 1.39. The van der Waals surface area contributed by atoms with Gasteiger partial charge in [-0.25, -0.2) is 14.4 Å². The van der Waals surface area contributed by atoms with Gasteiger partial charge in [0.05, 0.1) is 18.7 Å². The summed E-state index contributed by atoms with van der Waals surface area (Å²) in [6.45, 7) is 1.88. The van der Waals surface area contributed by atoms with Crippen molar-refractivity contribution in [3.8, 4) is 0 Å². The van der Waals surface area contributed by atoms with Crippen molar-refractivity contribution in [3.05, 3.63) is 75.6 Å². The summed E-state index contributed by atoms with van der Waals surface area (Å²) in [6.07, 6.45) is -0.193. The average Bonchev–Trinajstić information content (AvgIpc) is 3.14. The smallest absolute Gasteiger partial charge is 0.411 e. The first kappa shape index (κ1) is 23.7. The highest BCUT2D eigenvalue weighted by Gasteiger charge is 2.28. The van der Waals surface area contributed by atoms with Gasteiger partial charge in [0.1, 0.15) is 12.2 Å². The lowest BCUT2D eigenvalue weighted by molar-refractivity contribution is -0.139. The number of rotatable bonds is 7. The van der Waals surface area contributed by atoms with Crippen LogP contribution < -0.4 is 10.9 Å². The molecule has 1 aliphatic rings. The molecule has 1 saturated heterocycles. The molecule has 0 spiro atoms. The van der Waals surface area contributed by atoms with Gasteiger partial charge in [0, 0.05) is 41.6 Å². The molecular formula is C25H22N2O8. The zero-order chi connectivity index (χ0) is 24.9. The Morgan fingerprint density at radius 1 is 0.971 bits per heavy atom. The molecule has 4 rings (SSSR count). The van der Waals surface area contributed by atoms with Crippen LogP contribution in [0.3, 0.4) is 0 Å². The summed E-state index contributed by atoms with van der Waals surface area (Å²) >= 11 is 0. The molecule has 10 heteroatoms. The minimum atomic E-state index is -0.635. The zero-order valence-electron chi connectivity index (χ0n) is 18.9. The minimum Gasteiger partial charge on any atom is -0.457 e. The van der Waals surface area contributed by atoms with Crippen molar-refractivity contribution in [3.63, 3.8) is 0 Å². The summed E-state index contributed by atoms with van der Waals surface area (Å²) < 4.78 is 15.4. The van der Waals surface area contributed by atoms with Crippen molar-refractivity contribution < 1.29 is 33.1 Å². The molecule has 1 fully saturated rings. The topological polar surface area (TPSA) is 132 Å². The van der Waals surface area contributed by atoms with E-state index in [0.717, 1.165) is 0 Å². The van der Waals surface area contributed by atoms with Crippen LogP contribution in [0.4, 0.5) is 10.5 Å². The third kappa shape index (κ3) is 5.55. The van der Waals surface area contributed by atoms with E-state index >= 15 is 0 Å². The normalized spacial score (nSPS) is 13.2. The van der Waals surface area contributed by atoms with Gasteiger partial charge >= 0.3 is 17.7 Å². The number of nitrogens with one attached hydrogen (secondary N) is 1. The molecule has 10 nitrogen and oxygen atoms in total. The van der Waals surface area contributed by atoms with E-state index in [1.165, 1.54) is 17.0 Å². The highest BCUT2D eigenvalue weighted by molar-refractivity contribution is 6.01. The fraction of sp³-hybridized carbons (Fsp3) is 0.240. The lowest BCUT2D eigenvalue weighted by Gasteiger charge is -2.14. The van der Waals surface area contributed by atoms with Gasteiger partial charge in [-0.15, -0.1) is 0 Å². The minimum absolute atomic E-state index is 0.159. The maximum atomic E-state index is 12.5.